The fraction of sp³-hybridized carbons (Fsp3) is 0.133. The first-order valence-electron chi connectivity index (χ1n) is 12.1. The molecular formula is C30H22BrCl2NO4S. The standard InChI is InChI=1S/C30H22BrCl2NO4S/c1-2-37-26-13-18(12-24(31)28(26)38-17-21-8-5-7-19-6-3-4-9-23(19)21)14-27-29(35)34(30(36)39-27)16-20-10-11-22(32)15-25(20)33/h3-15H,2,16-17H2,1H3/b27-14+. The highest BCUT2D eigenvalue weighted by Crippen LogP contribution is 2.40. The molecule has 4 aromatic rings. The molecule has 0 N–H and O–H groups in total. The summed E-state index contributed by atoms with van der Waals surface area (Å²) >= 11 is 16.7. The van der Waals surface area contributed by atoms with Crippen LogP contribution in [0, 0.1) is 0 Å². The summed E-state index contributed by atoms with van der Waals surface area (Å²) in [5.41, 5.74) is 2.39. The average Bonchev–Trinajstić information content (AvgIpc) is 3.17. The molecule has 4 aromatic carbocycles. The van der Waals surface area contributed by atoms with Crippen molar-refractivity contribution in [1.29, 1.82) is 0 Å². The van der Waals surface area contributed by atoms with Gasteiger partial charge in [0.2, 0.25) is 0 Å². The van der Waals surface area contributed by atoms with E-state index >= 15 is 0 Å². The van der Waals surface area contributed by atoms with Crippen LogP contribution in [0.2, 0.25) is 10.0 Å². The second kappa shape index (κ2) is 12.0. The van der Waals surface area contributed by atoms with Crippen molar-refractivity contribution in [2.24, 2.45) is 0 Å². The van der Waals surface area contributed by atoms with Crippen molar-refractivity contribution in [3.8, 4) is 11.5 Å². The number of fused-ring (bicyclic) bond motifs is 1. The van der Waals surface area contributed by atoms with Crippen LogP contribution >= 0.6 is 50.9 Å². The Morgan fingerprint density at radius 2 is 1.74 bits per heavy atom. The smallest absolute Gasteiger partial charge is 0.293 e. The number of carbonyl (C=O) groups is 2. The number of ether oxygens (including phenoxy) is 2. The predicted molar refractivity (Wildman–Crippen MR) is 162 cm³/mol. The van der Waals surface area contributed by atoms with E-state index in [1.54, 1.807) is 30.3 Å². The van der Waals surface area contributed by atoms with Crippen LogP contribution in [0.3, 0.4) is 0 Å². The molecule has 9 heteroatoms. The minimum absolute atomic E-state index is 0.0623. The third kappa shape index (κ3) is 6.12. The van der Waals surface area contributed by atoms with E-state index in [0.29, 0.717) is 55.3 Å². The summed E-state index contributed by atoms with van der Waals surface area (Å²) in [5.74, 6) is 0.708. The summed E-state index contributed by atoms with van der Waals surface area (Å²) in [4.78, 5) is 27.3. The van der Waals surface area contributed by atoms with E-state index in [9.17, 15) is 9.59 Å². The van der Waals surface area contributed by atoms with E-state index in [4.69, 9.17) is 32.7 Å². The molecule has 0 radical (unpaired) electrons. The number of amides is 2. The van der Waals surface area contributed by atoms with E-state index < -0.39 is 0 Å². The van der Waals surface area contributed by atoms with Gasteiger partial charge in [-0.25, -0.2) is 0 Å². The Balaban J connectivity index is 1.38. The van der Waals surface area contributed by atoms with Crippen LogP contribution < -0.4 is 9.47 Å². The van der Waals surface area contributed by atoms with Crippen LogP contribution in [0.4, 0.5) is 4.79 Å². The maximum absolute atomic E-state index is 13.1. The highest BCUT2D eigenvalue weighted by atomic mass is 79.9. The fourth-order valence-electron chi connectivity index (χ4n) is 4.25. The Kier molecular flexibility index (Phi) is 8.52. The zero-order chi connectivity index (χ0) is 27.5. The van der Waals surface area contributed by atoms with Gasteiger partial charge in [0, 0.05) is 10.0 Å². The molecule has 0 spiro atoms. The van der Waals surface area contributed by atoms with Crippen LogP contribution in [0.25, 0.3) is 16.8 Å². The number of rotatable bonds is 8. The number of thioether (sulfide) groups is 1. The summed E-state index contributed by atoms with van der Waals surface area (Å²) < 4.78 is 12.8. The molecule has 5 rings (SSSR count). The molecule has 1 saturated heterocycles. The highest BCUT2D eigenvalue weighted by molar-refractivity contribution is 9.10. The summed E-state index contributed by atoms with van der Waals surface area (Å²) in [5, 5.41) is 2.79. The van der Waals surface area contributed by atoms with Gasteiger partial charge in [-0.15, -0.1) is 0 Å². The number of benzene rings is 4. The van der Waals surface area contributed by atoms with Crippen LogP contribution in [0.15, 0.2) is 82.2 Å². The number of halogens is 3. The summed E-state index contributed by atoms with van der Waals surface area (Å²) in [6.07, 6.45) is 1.68. The lowest BCUT2D eigenvalue weighted by Gasteiger charge is -2.16. The van der Waals surface area contributed by atoms with Crippen LogP contribution in [-0.4, -0.2) is 22.7 Å². The molecular weight excluding hydrogens is 621 g/mol. The van der Waals surface area contributed by atoms with Crippen molar-refractivity contribution >= 4 is 78.9 Å². The first kappa shape index (κ1) is 27.6. The van der Waals surface area contributed by atoms with Gasteiger partial charge in [-0.05, 0) is 92.4 Å². The zero-order valence-corrected chi connectivity index (χ0v) is 24.7. The minimum atomic E-state index is -0.388. The first-order chi connectivity index (χ1) is 18.8. The number of imide groups is 1. The van der Waals surface area contributed by atoms with Gasteiger partial charge < -0.3 is 9.47 Å². The van der Waals surface area contributed by atoms with Crippen molar-refractivity contribution in [2.45, 2.75) is 20.1 Å². The number of hydrogen-bond acceptors (Lipinski definition) is 5. The van der Waals surface area contributed by atoms with Gasteiger partial charge in [0.15, 0.2) is 11.5 Å². The molecule has 5 nitrogen and oxygen atoms in total. The molecule has 1 heterocycles. The Morgan fingerprint density at radius 3 is 2.54 bits per heavy atom. The molecule has 0 bridgehead atoms. The molecule has 0 aromatic heterocycles. The molecule has 1 aliphatic rings. The van der Waals surface area contributed by atoms with E-state index in [0.717, 1.165) is 28.1 Å². The Labute approximate surface area is 248 Å². The van der Waals surface area contributed by atoms with E-state index in [1.807, 2.05) is 37.3 Å². The second-order valence-electron chi connectivity index (χ2n) is 8.69. The molecule has 0 atom stereocenters. The summed E-state index contributed by atoms with van der Waals surface area (Å²) in [7, 11) is 0. The predicted octanol–water partition coefficient (Wildman–Crippen LogP) is 9.12. The lowest BCUT2D eigenvalue weighted by molar-refractivity contribution is -0.123. The molecule has 1 fully saturated rings. The third-order valence-electron chi connectivity index (χ3n) is 6.10. The topological polar surface area (TPSA) is 55.8 Å². The van der Waals surface area contributed by atoms with Gasteiger partial charge in [0.05, 0.1) is 22.5 Å². The lowest BCUT2D eigenvalue weighted by Crippen LogP contribution is -2.27. The maximum Gasteiger partial charge on any atom is 0.293 e. The third-order valence-corrected chi connectivity index (χ3v) is 8.18. The number of nitrogens with zero attached hydrogens (tertiary/aromatic N) is 1. The monoisotopic (exact) mass is 641 g/mol. The molecule has 0 unspecified atom stereocenters. The fourth-order valence-corrected chi connectivity index (χ4v) is 6.13. The minimum Gasteiger partial charge on any atom is -0.490 e. The molecule has 2 amide bonds. The van der Waals surface area contributed by atoms with Gasteiger partial charge in [-0.3, -0.25) is 14.5 Å². The highest BCUT2D eigenvalue weighted by Gasteiger charge is 2.35. The average molecular weight is 643 g/mol. The normalized spacial score (nSPS) is 14.5. The Hall–Kier alpha value is -2.97. The van der Waals surface area contributed by atoms with E-state index in [-0.39, 0.29) is 17.7 Å². The zero-order valence-electron chi connectivity index (χ0n) is 20.7. The van der Waals surface area contributed by atoms with Gasteiger partial charge in [-0.1, -0.05) is 71.7 Å². The van der Waals surface area contributed by atoms with E-state index in [1.165, 1.54) is 4.90 Å². The van der Waals surface area contributed by atoms with Crippen molar-refractivity contribution in [1.82, 2.24) is 4.90 Å². The molecule has 0 aliphatic carbocycles. The lowest BCUT2D eigenvalue weighted by atomic mass is 10.1. The van der Waals surface area contributed by atoms with Crippen molar-refractivity contribution in [3.63, 3.8) is 0 Å². The largest absolute Gasteiger partial charge is 0.490 e. The SMILES string of the molecule is CCOc1cc(/C=C2/SC(=O)N(Cc3ccc(Cl)cc3Cl)C2=O)cc(Br)c1OCc1cccc2ccccc12. The summed E-state index contributed by atoms with van der Waals surface area (Å²) in [6, 6.07) is 22.9. The van der Waals surface area contributed by atoms with Gasteiger partial charge in [0.25, 0.3) is 11.1 Å². The summed E-state index contributed by atoms with van der Waals surface area (Å²) in [6.45, 7) is 2.74. The maximum atomic E-state index is 13.1. The van der Waals surface area contributed by atoms with Gasteiger partial charge in [-0.2, -0.15) is 0 Å². The Bertz CT molecular complexity index is 1620. The van der Waals surface area contributed by atoms with Gasteiger partial charge in [0.1, 0.15) is 6.61 Å². The quantitative estimate of drug-likeness (QED) is 0.179. The van der Waals surface area contributed by atoms with Crippen molar-refractivity contribution in [2.75, 3.05) is 6.61 Å². The Morgan fingerprint density at radius 1 is 0.949 bits per heavy atom. The van der Waals surface area contributed by atoms with Crippen LogP contribution in [0.1, 0.15) is 23.6 Å². The van der Waals surface area contributed by atoms with Crippen molar-refractivity contribution in [3.05, 3.63) is 109 Å². The molecule has 39 heavy (non-hydrogen) atoms. The van der Waals surface area contributed by atoms with E-state index in [2.05, 4.69) is 34.1 Å². The second-order valence-corrected chi connectivity index (χ2v) is 11.4. The number of carbonyl (C=O) groups excluding carboxylic acids is 2. The first-order valence-corrected chi connectivity index (χ1v) is 14.5. The number of hydrogen-bond donors (Lipinski definition) is 0. The molecule has 198 valence electrons. The molecule has 0 saturated carbocycles. The van der Waals surface area contributed by atoms with Crippen molar-refractivity contribution < 1.29 is 19.1 Å². The van der Waals surface area contributed by atoms with Gasteiger partial charge >= 0.3 is 0 Å². The van der Waals surface area contributed by atoms with Crippen LogP contribution in [0.5, 0.6) is 11.5 Å². The van der Waals surface area contributed by atoms with Crippen LogP contribution in [-0.2, 0) is 17.9 Å². The molecule has 1 aliphatic heterocycles.